The van der Waals surface area contributed by atoms with Crippen LogP contribution in [0.15, 0.2) is 66.4 Å². The van der Waals surface area contributed by atoms with E-state index in [0.717, 1.165) is 6.04 Å². The smallest absolute Gasteiger partial charge is 0.0440 e. The lowest BCUT2D eigenvalue weighted by atomic mass is 9.74. The molecule has 0 bridgehead atoms. The summed E-state index contributed by atoms with van der Waals surface area (Å²) in [5, 5.41) is 0. The molecule has 2 aliphatic heterocycles. The molecule has 2 heterocycles. The normalized spacial score (nSPS) is 25.7. The number of rotatable bonds is 2. The number of benzene rings is 2. The monoisotopic (exact) mass is 289 g/mol. The summed E-state index contributed by atoms with van der Waals surface area (Å²) < 4.78 is 0. The van der Waals surface area contributed by atoms with Gasteiger partial charge in [-0.1, -0.05) is 60.7 Å². The quantitative estimate of drug-likeness (QED) is 0.733. The van der Waals surface area contributed by atoms with E-state index in [1.165, 1.54) is 48.2 Å². The number of hydrogen-bond donors (Lipinski definition) is 0. The van der Waals surface area contributed by atoms with Crippen LogP contribution >= 0.6 is 0 Å². The molecule has 22 heavy (non-hydrogen) atoms. The fraction of sp³-hybridized carbons (Fsp3) is 0.333. The van der Waals surface area contributed by atoms with E-state index in [0.29, 0.717) is 5.92 Å². The summed E-state index contributed by atoms with van der Waals surface area (Å²) in [5.41, 5.74) is 5.67. The first-order valence-electron chi connectivity index (χ1n) is 8.47. The van der Waals surface area contributed by atoms with Gasteiger partial charge in [0.25, 0.3) is 0 Å². The highest BCUT2D eigenvalue weighted by Crippen LogP contribution is 2.48. The zero-order valence-corrected chi connectivity index (χ0v) is 13.2. The predicted octanol–water partition coefficient (Wildman–Crippen LogP) is 5.21. The van der Waals surface area contributed by atoms with Crippen molar-refractivity contribution in [1.29, 1.82) is 0 Å². The largest absolute Gasteiger partial charge is 0.371 e. The van der Waals surface area contributed by atoms with Crippen LogP contribution in [0.4, 0.5) is 0 Å². The Morgan fingerprint density at radius 2 is 1.77 bits per heavy atom. The molecule has 112 valence electrons. The van der Waals surface area contributed by atoms with Crippen molar-refractivity contribution in [2.24, 2.45) is 0 Å². The molecule has 0 unspecified atom stereocenters. The average molecular weight is 289 g/mol. The van der Waals surface area contributed by atoms with E-state index in [1.807, 2.05) is 0 Å². The maximum absolute atomic E-state index is 2.63. The molecule has 0 aromatic heterocycles. The van der Waals surface area contributed by atoms with Crippen LogP contribution < -0.4 is 0 Å². The Balaban J connectivity index is 1.68. The third kappa shape index (κ3) is 2.16. The van der Waals surface area contributed by atoms with Gasteiger partial charge in [0, 0.05) is 24.2 Å². The van der Waals surface area contributed by atoms with E-state index >= 15 is 0 Å². The van der Waals surface area contributed by atoms with E-state index in [2.05, 4.69) is 72.5 Å². The Labute approximate surface area is 133 Å². The van der Waals surface area contributed by atoms with Crippen LogP contribution in [0.1, 0.15) is 37.7 Å². The number of fused-ring (bicyclic) bond motifs is 1. The van der Waals surface area contributed by atoms with E-state index in [-0.39, 0.29) is 0 Å². The SMILES string of the molecule is CC=C1[C@H](c2cccc(-c3ccccc3)c2)[C@H]2CCCCN12. The Morgan fingerprint density at radius 3 is 2.59 bits per heavy atom. The van der Waals surface area contributed by atoms with Gasteiger partial charge in [0.1, 0.15) is 0 Å². The molecule has 0 radical (unpaired) electrons. The van der Waals surface area contributed by atoms with Crippen LogP contribution in [-0.2, 0) is 0 Å². The average Bonchev–Trinajstić information content (AvgIpc) is 2.57. The van der Waals surface area contributed by atoms with Crippen LogP contribution in [-0.4, -0.2) is 17.5 Å². The maximum atomic E-state index is 2.63. The highest BCUT2D eigenvalue weighted by Gasteiger charge is 2.44. The van der Waals surface area contributed by atoms with Crippen molar-refractivity contribution in [3.63, 3.8) is 0 Å². The molecular weight excluding hydrogens is 266 g/mol. The Kier molecular flexibility index (Phi) is 3.49. The molecule has 2 aromatic rings. The van der Waals surface area contributed by atoms with Crippen LogP contribution in [0, 0.1) is 0 Å². The van der Waals surface area contributed by atoms with Gasteiger partial charge in [-0.05, 0) is 42.9 Å². The molecule has 1 heteroatoms. The zero-order chi connectivity index (χ0) is 14.9. The highest BCUT2D eigenvalue weighted by atomic mass is 15.2. The first kappa shape index (κ1) is 13.6. The Morgan fingerprint density at radius 1 is 0.955 bits per heavy atom. The minimum absolute atomic E-state index is 0.606. The standard InChI is InChI=1S/C21H23N/c1-2-19-21(20-13-6-7-14-22(19)20)18-12-8-11-17(15-18)16-9-4-3-5-10-16/h2-5,8-12,15,20-21H,6-7,13-14H2,1H3/t20-,21+/m1/s1. The number of hydrogen-bond acceptors (Lipinski definition) is 1. The summed E-state index contributed by atoms with van der Waals surface area (Å²) in [6.07, 6.45) is 6.40. The van der Waals surface area contributed by atoms with Gasteiger partial charge in [0.05, 0.1) is 0 Å². The topological polar surface area (TPSA) is 3.24 Å². The second-order valence-corrected chi connectivity index (χ2v) is 6.44. The van der Waals surface area contributed by atoms with Gasteiger partial charge in [-0.3, -0.25) is 0 Å². The van der Waals surface area contributed by atoms with Crippen molar-refractivity contribution < 1.29 is 0 Å². The molecule has 2 aromatic carbocycles. The van der Waals surface area contributed by atoms with E-state index < -0.39 is 0 Å². The summed E-state index contributed by atoms with van der Waals surface area (Å²) in [7, 11) is 0. The fourth-order valence-corrected chi connectivity index (χ4v) is 4.20. The summed E-state index contributed by atoms with van der Waals surface area (Å²) in [5.74, 6) is 0.606. The molecule has 1 nitrogen and oxygen atoms in total. The molecule has 0 saturated carbocycles. The van der Waals surface area contributed by atoms with E-state index in [4.69, 9.17) is 0 Å². The number of allylic oxidation sites excluding steroid dienone is 1. The van der Waals surface area contributed by atoms with E-state index in [9.17, 15) is 0 Å². The lowest BCUT2D eigenvalue weighted by molar-refractivity contribution is 0.0852. The van der Waals surface area contributed by atoms with Gasteiger partial charge in [-0.2, -0.15) is 0 Å². The first-order chi connectivity index (χ1) is 10.9. The first-order valence-corrected chi connectivity index (χ1v) is 8.47. The second kappa shape index (κ2) is 5.64. The van der Waals surface area contributed by atoms with Crippen LogP contribution in [0.5, 0.6) is 0 Å². The third-order valence-corrected chi connectivity index (χ3v) is 5.23. The predicted molar refractivity (Wildman–Crippen MR) is 92.7 cm³/mol. The summed E-state index contributed by atoms with van der Waals surface area (Å²) in [6.45, 7) is 3.44. The van der Waals surface area contributed by atoms with Crippen molar-refractivity contribution in [3.05, 3.63) is 71.9 Å². The fourth-order valence-electron chi connectivity index (χ4n) is 4.20. The summed E-state index contributed by atoms with van der Waals surface area (Å²) in [4.78, 5) is 2.63. The molecule has 0 aliphatic carbocycles. The third-order valence-electron chi connectivity index (χ3n) is 5.23. The number of nitrogens with zero attached hydrogens (tertiary/aromatic N) is 1. The summed E-state index contributed by atoms with van der Waals surface area (Å²) in [6, 6.07) is 20.6. The zero-order valence-electron chi connectivity index (χ0n) is 13.2. The van der Waals surface area contributed by atoms with Gasteiger partial charge >= 0.3 is 0 Å². The number of piperidine rings is 1. The van der Waals surface area contributed by atoms with Crippen molar-refractivity contribution >= 4 is 0 Å². The molecule has 2 fully saturated rings. The minimum Gasteiger partial charge on any atom is -0.371 e. The lowest BCUT2D eigenvalue weighted by Crippen LogP contribution is -2.54. The molecule has 0 spiro atoms. The molecule has 4 rings (SSSR count). The van der Waals surface area contributed by atoms with Crippen LogP contribution in [0.3, 0.4) is 0 Å². The lowest BCUT2D eigenvalue weighted by Gasteiger charge is -2.55. The van der Waals surface area contributed by atoms with E-state index in [1.54, 1.807) is 0 Å². The molecule has 0 amide bonds. The van der Waals surface area contributed by atoms with Crippen molar-refractivity contribution in [3.8, 4) is 11.1 Å². The van der Waals surface area contributed by atoms with Gasteiger partial charge < -0.3 is 4.90 Å². The van der Waals surface area contributed by atoms with Gasteiger partial charge in [0.2, 0.25) is 0 Å². The summed E-state index contributed by atoms with van der Waals surface area (Å²) >= 11 is 0. The Bertz CT molecular complexity index is 686. The highest BCUT2D eigenvalue weighted by molar-refractivity contribution is 5.64. The Hall–Kier alpha value is -2.02. The van der Waals surface area contributed by atoms with Crippen molar-refractivity contribution in [1.82, 2.24) is 4.90 Å². The molecule has 2 atom stereocenters. The van der Waals surface area contributed by atoms with Gasteiger partial charge in [-0.25, -0.2) is 0 Å². The van der Waals surface area contributed by atoms with Crippen molar-refractivity contribution in [2.75, 3.05) is 6.54 Å². The van der Waals surface area contributed by atoms with Gasteiger partial charge in [0.15, 0.2) is 0 Å². The second-order valence-electron chi connectivity index (χ2n) is 6.44. The molecule has 2 aliphatic rings. The van der Waals surface area contributed by atoms with Crippen LogP contribution in [0.25, 0.3) is 11.1 Å². The van der Waals surface area contributed by atoms with Crippen molar-refractivity contribution in [2.45, 2.75) is 38.1 Å². The minimum atomic E-state index is 0.606. The maximum Gasteiger partial charge on any atom is 0.0440 e. The van der Waals surface area contributed by atoms with Crippen LogP contribution in [0.2, 0.25) is 0 Å². The molecule has 0 N–H and O–H groups in total. The molecular formula is C21H23N. The molecule has 2 saturated heterocycles. The van der Waals surface area contributed by atoms with Gasteiger partial charge in [-0.15, -0.1) is 0 Å².